The van der Waals surface area contributed by atoms with Gasteiger partial charge < -0.3 is 14.4 Å². The number of carbonyl (C=O) groups is 2. The number of hydrogen-bond acceptors (Lipinski definition) is 6. The van der Waals surface area contributed by atoms with Crippen LogP contribution in [0.25, 0.3) is 11.0 Å². The van der Waals surface area contributed by atoms with E-state index in [1.54, 1.807) is 0 Å². The van der Waals surface area contributed by atoms with Crippen molar-refractivity contribution in [3.8, 4) is 0 Å². The summed E-state index contributed by atoms with van der Waals surface area (Å²) in [6.07, 6.45) is 4.87. The summed E-state index contributed by atoms with van der Waals surface area (Å²) in [6.45, 7) is 6.46. The first-order valence-corrected chi connectivity index (χ1v) is 14.2. The molecular formula is C31H39FN4O4. The van der Waals surface area contributed by atoms with Crippen molar-refractivity contribution in [3.63, 3.8) is 0 Å². The lowest BCUT2D eigenvalue weighted by atomic mass is 9.83. The number of imidazole rings is 1. The van der Waals surface area contributed by atoms with Crippen LogP contribution < -0.4 is 5.32 Å². The van der Waals surface area contributed by atoms with Gasteiger partial charge in [-0.25, -0.2) is 9.37 Å². The zero-order valence-electron chi connectivity index (χ0n) is 23.5. The van der Waals surface area contributed by atoms with E-state index in [0.717, 1.165) is 61.9 Å². The Morgan fingerprint density at radius 1 is 1.05 bits per heavy atom. The molecule has 1 saturated carbocycles. The normalized spacial score (nSPS) is 20.9. The minimum absolute atomic E-state index is 0.0622. The van der Waals surface area contributed by atoms with Gasteiger partial charge in [0.15, 0.2) is 0 Å². The maximum Gasteiger partial charge on any atom is 0.308 e. The molecule has 0 spiro atoms. The second-order valence-electron chi connectivity index (χ2n) is 11.8. The molecule has 214 valence electrons. The number of aromatic nitrogens is 2. The van der Waals surface area contributed by atoms with Crippen molar-refractivity contribution in [1.29, 1.82) is 0 Å². The third-order valence-electron chi connectivity index (χ3n) is 8.67. The molecule has 5 rings (SSSR count). The molecule has 1 aromatic heterocycles. The van der Waals surface area contributed by atoms with E-state index >= 15 is 0 Å². The van der Waals surface area contributed by atoms with E-state index in [2.05, 4.69) is 26.9 Å². The number of nitrogens with one attached hydrogen (secondary N) is 1. The molecule has 2 aromatic carbocycles. The summed E-state index contributed by atoms with van der Waals surface area (Å²) in [4.78, 5) is 32.4. The second-order valence-corrected chi connectivity index (χ2v) is 11.8. The highest BCUT2D eigenvalue weighted by Gasteiger charge is 2.32. The van der Waals surface area contributed by atoms with Gasteiger partial charge in [-0.1, -0.05) is 6.07 Å². The monoisotopic (exact) mass is 550 g/mol. The fraction of sp³-hybridized carbons (Fsp3) is 0.516. The van der Waals surface area contributed by atoms with Crippen LogP contribution in [0.15, 0.2) is 42.5 Å². The van der Waals surface area contributed by atoms with Crippen molar-refractivity contribution in [2.24, 2.45) is 11.8 Å². The summed E-state index contributed by atoms with van der Waals surface area (Å²) in [5.74, 6) is -0.281. The average Bonchev–Trinajstić information content (AvgIpc) is 3.29. The number of carbonyl (C=O) groups excluding carboxylic acids is 2. The SMILES string of the molecule is COC(=O)C1CCC(n2c(NC(=O)c3ccc(F)cc3)nc3ccc(CN4CCC(C(C)(C)O)CC4)cc32)CC1. The van der Waals surface area contributed by atoms with Crippen molar-refractivity contribution in [2.45, 2.75) is 70.6 Å². The fourth-order valence-electron chi connectivity index (χ4n) is 6.26. The maximum absolute atomic E-state index is 13.4. The number of methoxy groups -OCH3 is 1. The Morgan fingerprint density at radius 2 is 1.73 bits per heavy atom. The summed E-state index contributed by atoms with van der Waals surface area (Å²) in [7, 11) is 1.43. The Hall–Kier alpha value is -3.30. The second kappa shape index (κ2) is 11.7. The number of benzene rings is 2. The van der Waals surface area contributed by atoms with Gasteiger partial charge in [-0.05, 0) is 113 Å². The highest BCUT2D eigenvalue weighted by Crippen LogP contribution is 2.38. The van der Waals surface area contributed by atoms with Crippen LogP contribution >= 0.6 is 0 Å². The van der Waals surface area contributed by atoms with E-state index in [4.69, 9.17) is 9.72 Å². The van der Waals surface area contributed by atoms with Gasteiger partial charge in [-0.3, -0.25) is 19.8 Å². The molecule has 0 radical (unpaired) electrons. The summed E-state index contributed by atoms with van der Waals surface area (Å²) in [5, 5.41) is 13.4. The Balaban J connectivity index is 1.41. The number of piperidine rings is 1. The maximum atomic E-state index is 13.4. The van der Waals surface area contributed by atoms with Crippen LogP contribution in [0.3, 0.4) is 0 Å². The van der Waals surface area contributed by atoms with E-state index in [-0.39, 0.29) is 23.8 Å². The third-order valence-corrected chi connectivity index (χ3v) is 8.67. The van der Waals surface area contributed by atoms with E-state index in [0.29, 0.717) is 30.3 Å². The average molecular weight is 551 g/mol. The molecule has 0 bridgehead atoms. The summed E-state index contributed by atoms with van der Waals surface area (Å²) >= 11 is 0. The summed E-state index contributed by atoms with van der Waals surface area (Å²) in [5.41, 5.74) is 2.59. The van der Waals surface area contributed by atoms with Gasteiger partial charge in [0.25, 0.3) is 5.91 Å². The molecule has 2 N–H and O–H groups in total. The molecule has 0 unspecified atom stereocenters. The van der Waals surface area contributed by atoms with Crippen LogP contribution in [0.4, 0.5) is 10.3 Å². The predicted molar refractivity (Wildman–Crippen MR) is 151 cm³/mol. The molecule has 0 atom stereocenters. The van der Waals surface area contributed by atoms with Crippen molar-refractivity contribution < 1.29 is 23.8 Å². The largest absolute Gasteiger partial charge is 0.469 e. The third kappa shape index (κ3) is 6.20. The molecule has 2 aliphatic rings. The fourth-order valence-corrected chi connectivity index (χ4v) is 6.26. The zero-order chi connectivity index (χ0) is 28.4. The number of esters is 1. The molecule has 1 aliphatic heterocycles. The van der Waals surface area contributed by atoms with Crippen LogP contribution in [-0.4, -0.2) is 57.2 Å². The summed E-state index contributed by atoms with van der Waals surface area (Å²) < 4.78 is 20.5. The number of anilines is 1. The number of aliphatic hydroxyl groups is 1. The molecule has 9 heteroatoms. The van der Waals surface area contributed by atoms with Crippen LogP contribution in [0.5, 0.6) is 0 Å². The Bertz CT molecular complexity index is 1350. The molecular weight excluding hydrogens is 511 g/mol. The number of ether oxygens (including phenoxy) is 1. The number of halogens is 1. The highest BCUT2D eigenvalue weighted by atomic mass is 19.1. The molecule has 8 nitrogen and oxygen atoms in total. The molecule has 1 amide bonds. The van der Waals surface area contributed by atoms with Gasteiger partial charge >= 0.3 is 5.97 Å². The molecule has 2 heterocycles. The first-order valence-electron chi connectivity index (χ1n) is 14.2. The van der Waals surface area contributed by atoms with E-state index in [9.17, 15) is 19.1 Å². The van der Waals surface area contributed by atoms with Crippen LogP contribution in [-0.2, 0) is 16.1 Å². The van der Waals surface area contributed by atoms with Crippen molar-refractivity contribution >= 4 is 28.9 Å². The van der Waals surface area contributed by atoms with E-state index in [1.165, 1.54) is 31.4 Å². The number of nitrogens with zero attached hydrogens (tertiary/aromatic N) is 3. The highest BCUT2D eigenvalue weighted by molar-refractivity contribution is 6.04. The minimum atomic E-state index is -0.654. The Morgan fingerprint density at radius 3 is 2.35 bits per heavy atom. The molecule has 40 heavy (non-hydrogen) atoms. The van der Waals surface area contributed by atoms with Gasteiger partial charge in [0.1, 0.15) is 5.82 Å². The van der Waals surface area contributed by atoms with Gasteiger partial charge in [0, 0.05) is 18.2 Å². The van der Waals surface area contributed by atoms with Crippen molar-refractivity contribution in [1.82, 2.24) is 14.5 Å². The quantitative estimate of drug-likeness (QED) is 0.387. The van der Waals surface area contributed by atoms with Gasteiger partial charge in [-0.15, -0.1) is 0 Å². The summed E-state index contributed by atoms with van der Waals surface area (Å²) in [6, 6.07) is 11.7. The Labute approximate surface area is 234 Å². The van der Waals surface area contributed by atoms with E-state index < -0.39 is 11.4 Å². The standard InChI is InChI=1S/C31H39FN4O4/c1-31(2,39)23-14-16-35(17-15-23)19-20-4-13-26-27(18-20)36(25-11-7-22(8-12-25)29(38)40-3)30(33-26)34-28(37)21-5-9-24(32)10-6-21/h4-6,9-10,13,18,22-23,25,39H,7-8,11-12,14-17,19H2,1-3H3,(H,33,34,37). The topological polar surface area (TPSA) is 96.7 Å². The number of rotatable bonds is 7. The lowest BCUT2D eigenvalue weighted by Gasteiger charge is -2.37. The van der Waals surface area contributed by atoms with E-state index in [1.807, 2.05) is 19.9 Å². The molecule has 3 aromatic rings. The molecule has 2 fully saturated rings. The number of amides is 1. The number of hydrogen-bond donors (Lipinski definition) is 2. The predicted octanol–water partition coefficient (Wildman–Crippen LogP) is 5.31. The lowest BCUT2D eigenvalue weighted by Crippen LogP contribution is -2.41. The van der Waals surface area contributed by atoms with Gasteiger partial charge in [0.05, 0.1) is 29.7 Å². The Kier molecular flexibility index (Phi) is 8.24. The molecule has 1 saturated heterocycles. The number of fused-ring (bicyclic) bond motifs is 1. The van der Waals surface area contributed by atoms with Gasteiger partial charge in [0.2, 0.25) is 5.95 Å². The van der Waals surface area contributed by atoms with Gasteiger partial charge in [-0.2, -0.15) is 0 Å². The number of likely N-dealkylation sites (tertiary alicyclic amines) is 1. The van der Waals surface area contributed by atoms with Crippen LogP contribution in [0, 0.1) is 17.7 Å². The van der Waals surface area contributed by atoms with Crippen LogP contribution in [0.2, 0.25) is 0 Å². The van der Waals surface area contributed by atoms with Crippen molar-refractivity contribution in [2.75, 3.05) is 25.5 Å². The zero-order valence-corrected chi connectivity index (χ0v) is 23.5. The first-order chi connectivity index (χ1) is 19.1. The van der Waals surface area contributed by atoms with Crippen LogP contribution in [0.1, 0.15) is 74.3 Å². The molecule has 1 aliphatic carbocycles. The van der Waals surface area contributed by atoms with Crippen molar-refractivity contribution in [3.05, 3.63) is 59.4 Å². The minimum Gasteiger partial charge on any atom is -0.469 e. The smallest absolute Gasteiger partial charge is 0.308 e. The lowest BCUT2D eigenvalue weighted by molar-refractivity contribution is -0.146. The first kappa shape index (κ1) is 28.2.